The second kappa shape index (κ2) is 5.31. The highest BCUT2D eigenvalue weighted by atomic mass is 16.6. The summed E-state index contributed by atoms with van der Waals surface area (Å²) < 4.78 is 5.49. The summed E-state index contributed by atoms with van der Waals surface area (Å²) in [5.41, 5.74) is -1.16. The van der Waals surface area contributed by atoms with Gasteiger partial charge in [0.05, 0.1) is 11.6 Å². The molecular formula is C15H27NO3. The lowest BCUT2D eigenvalue weighted by molar-refractivity contribution is -0.0648. The van der Waals surface area contributed by atoms with Gasteiger partial charge in [-0.15, -0.1) is 0 Å². The zero-order valence-corrected chi connectivity index (χ0v) is 12.4. The number of ether oxygens (including phenoxy) is 1. The number of aliphatic hydroxyl groups is 1. The van der Waals surface area contributed by atoms with Gasteiger partial charge in [-0.3, -0.25) is 0 Å². The van der Waals surface area contributed by atoms with Crippen molar-refractivity contribution < 1.29 is 14.6 Å². The number of rotatable bonds is 1. The summed E-state index contributed by atoms with van der Waals surface area (Å²) in [5, 5.41) is 10.8. The number of nitrogens with zero attached hydrogens (tertiary/aromatic N) is 1. The summed E-state index contributed by atoms with van der Waals surface area (Å²) in [6, 6.07) is -0.0569. The van der Waals surface area contributed by atoms with Crippen LogP contribution in [0.1, 0.15) is 65.7 Å². The molecule has 0 spiro atoms. The van der Waals surface area contributed by atoms with Gasteiger partial charge in [-0.25, -0.2) is 4.79 Å². The van der Waals surface area contributed by atoms with E-state index in [0.717, 1.165) is 44.9 Å². The van der Waals surface area contributed by atoms with Gasteiger partial charge in [0.25, 0.3) is 0 Å². The average molecular weight is 269 g/mol. The molecule has 19 heavy (non-hydrogen) atoms. The topological polar surface area (TPSA) is 49.8 Å². The smallest absolute Gasteiger partial charge is 0.410 e. The third kappa shape index (κ3) is 3.41. The Kier molecular flexibility index (Phi) is 4.09. The minimum Gasteiger partial charge on any atom is -0.444 e. The molecule has 1 aliphatic heterocycles. The van der Waals surface area contributed by atoms with Gasteiger partial charge in [0.15, 0.2) is 0 Å². The summed E-state index contributed by atoms with van der Waals surface area (Å²) in [6.07, 6.45) is 6.49. The van der Waals surface area contributed by atoms with E-state index in [-0.39, 0.29) is 12.1 Å². The zero-order chi connectivity index (χ0) is 14.1. The van der Waals surface area contributed by atoms with Crippen LogP contribution in [0.5, 0.6) is 0 Å². The minimum atomic E-state index is -0.683. The number of hydrogen-bond donors (Lipinski definition) is 1. The highest BCUT2D eigenvalue weighted by Crippen LogP contribution is 2.39. The second-order valence-corrected chi connectivity index (χ2v) is 7.00. The van der Waals surface area contributed by atoms with E-state index in [1.54, 1.807) is 4.90 Å². The molecule has 2 aliphatic rings. The van der Waals surface area contributed by atoms with E-state index in [1.807, 2.05) is 20.8 Å². The molecule has 1 atom stereocenters. The van der Waals surface area contributed by atoms with Gasteiger partial charge in [-0.1, -0.05) is 12.8 Å². The molecule has 1 aliphatic carbocycles. The molecule has 0 aromatic heterocycles. The molecule has 110 valence electrons. The normalized spacial score (nSPS) is 27.4. The Morgan fingerprint density at radius 2 is 1.84 bits per heavy atom. The molecule has 1 saturated heterocycles. The van der Waals surface area contributed by atoms with Crippen molar-refractivity contribution in [3.8, 4) is 0 Å². The van der Waals surface area contributed by atoms with Crippen LogP contribution in [0, 0.1) is 0 Å². The molecule has 1 N–H and O–H groups in total. The first-order valence-corrected chi connectivity index (χ1v) is 7.54. The Hall–Kier alpha value is -0.770. The summed E-state index contributed by atoms with van der Waals surface area (Å²) in [4.78, 5) is 14.1. The number of likely N-dealkylation sites (tertiary alicyclic amines) is 1. The molecule has 0 radical (unpaired) electrons. The fraction of sp³-hybridized carbons (Fsp3) is 0.933. The van der Waals surface area contributed by atoms with Crippen molar-refractivity contribution in [3.05, 3.63) is 0 Å². The fourth-order valence-electron chi connectivity index (χ4n) is 3.35. The van der Waals surface area contributed by atoms with Crippen LogP contribution in [0.2, 0.25) is 0 Å². The van der Waals surface area contributed by atoms with E-state index in [2.05, 4.69) is 0 Å². The van der Waals surface area contributed by atoms with Gasteiger partial charge < -0.3 is 14.7 Å². The molecule has 2 rings (SSSR count). The fourth-order valence-corrected chi connectivity index (χ4v) is 3.35. The third-order valence-electron chi connectivity index (χ3n) is 4.22. The van der Waals surface area contributed by atoms with E-state index in [1.165, 1.54) is 0 Å². The number of carbonyl (C=O) groups excluding carboxylic acids is 1. The molecule has 1 amide bonds. The Morgan fingerprint density at radius 3 is 2.42 bits per heavy atom. The summed E-state index contributed by atoms with van der Waals surface area (Å²) in [6.45, 7) is 6.36. The van der Waals surface area contributed by atoms with E-state index in [0.29, 0.717) is 6.54 Å². The van der Waals surface area contributed by atoms with Crippen LogP contribution >= 0.6 is 0 Å². The SMILES string of the molecule is CC(C)(C)OC(=O)N1CCCC[C@H]1C1(O)CCCC1. The average Bonchev–Trinajstić information content (AvgIpc) is 2.75. The van der Waals surface area contributed by atoms with Gasteiger partial charge >= 0.3 is 6.09 Å². The van der Waals surface area contributed by atoms with Crippen LogP contribution in [0.15, 0.2) is 0 Å². The highest BCUT2D eigenvalue weighted by Gasteiger charge is 2.45. The van der Waals surface area contributed by atoms with E-state index in [4.69, 9.17) is 4.74 Å². The van der Waals surface area contributed by atoms with Gasteiger partial charge in [-0.05, 0) is 52.9 Å². The quantitative estimate of drug-likeness (QED) is 0.796. The number of hydrogen-bond acceptors (Lipinski definition) is 3. The van der Waals surface area contributed by atoms with Gasteiger partial charge in [0.1, 0.15) is 5.60 Å². The van der Waals surface area contributed by atoms with Crippen LogP contribution in [0.3, 0.4) is 0 Å². The van der Waals surface area contributed by atoms with Crippen LogP contribution < -0.4 is 0 Å². The third-order valence-corrected chi connectivity index (χ3v) is 4.22. The van der Waals surface area contributed by atoms with E-state index < -0.39 is 11.2 Å². The van der Waals surface area contributed by atoms with E-state index >= 15 is 0 Å². The van der Waals surface area contributed by atoms with Gasteiger partial charge in [0, 0.05) is 6.54 Å². The van der Waals surface area contributed by atoms with Crippen LogP contribution in [0.25, 0.3) is 0 Å². The number of carbonyl (C=O) groups is 1. The minimum absolute atomic E-state index is 0.0569. The lowest BCUT2D eigenvalue weighted by Gasteiger charge is -2.44. The summed E-state index contributed by atoms with van der Waals surface area (Å²) in [5.74, 6) is 0. The maximum absolute atomic E-state index is 12.3. The van der Waals surface area contributed by atoms with Gasteiger partial charge in [-0.2, -0.15) is 0 Å². The first-order valence-electron chi connectivity index (χ1n) is 7.54. The first kappa shape index (κ1) is 14.6. The maximum atomic E-state index is 12.3. The van der Waals surface area contributed by atoms with Crippen molar-refractivity contribution in [1.29, 1.82) is 0 Å². The number of piperidine rings is 1. The van der Waals surface area contributed by atoms with Crippen LogP contribution in [-0.2, 0) is 4.74 Å². The maximum Gasteiger partial charge on any atom is 0.410 e. The standard InChI is InChI=1S/C15H27NO3/c1-14(2,3)19-13(17)16-11-7-4-8-12(16)15(18)9-5-6-10-15/h12,18H,4-11H2,1-3H3/t12-/m0/s1. The van der Waals surface area contributed by atoms with Crippen molar-refractivity contribution in [1.82, 2.24) is 4.90 Å². The Morgan fingerprint density at radius 1 is 1.21 bits per heavy atom. The molecule has 0 aromatic carbocycles. The molecule has 4 heteroatoms. The molecule has 2 fully saturated rings. The Balaban J connectivity index is 2.09. The lowest BCUT2D eigenvalue weighted by Crippen LogP contribution is -2.56. The Bertz CT molecular complexity index is 329. The predicted octanol–water partition coefficient (Wildman–Crippen LogP) is 3.08. The molecule has 1 saturated carbocycles. The van der Waals surface area contributed by atoms with Crippen molar-refractivity contribution in [2.24, 2.45) is 0 Å². The second-order valence-electron chi connectivity index (χ2n) is 7.00. The van der Waals surface area contributed by atoms with Crippen molar-refractivity contribution >= 4 is 6.09 Å². The zero-order valence-electron chi connectivity index (χ0n) is 12.4. The van der Waals surface area contributed by atoms with Crippen molar-refractivity contribution in [2.75, 3.05) is 6.54 Å². The molecule has 0 unspecified atom stereocenters. The highest BCUT2D eigenvalue weighted by molar-refractivity contribution is 5.69. The monoisotopic (exact) mass is 269 g/mol. The van der Waals surface area contributed by atoms with Crippen molar-refractivity contribution in [2.45, 2.75) is 83.0 Å². The Labute approximate surface area is 116 Å². The molecule has 0 aromatic rings. The predicted molar refractivity (Wildman–Crippen MR) is 74.0 cm³/mol. The van der Waals surface area contributed by atoms with Gasteiger partial charge in [0.2, 0.25) is 0 Å². The molecule has 1 heterocycles. The van der Waals surface area contributed by atoms with Crippen LogP contribution in [0.4, 0.5) is 4.79 Å². The molecule has 4 nitrogen and oxygen atoms in total. The lowest BCUT2D eigenvalue weighted by atomic mass is 9.85. The molecule has 0 bridgehead atoms. The molecular weight excluding hydrogens is 242 g/mol. The summed E-state index contributed by atoms with van der Waals surface area (Å²) >= 11 is 0. The first-order chi connectivity index (χ1) is 8.82. The number of amides is 1. The van der Waals surface area contributed by atoms with E-state index in [9.17, 15) is 9.90 Å². The largest absolute Gasteiger partial charge is 0.444 e. The summed E-state index contributed by atoms with van der Waals surface area (Å²) in [7, 11) is 0. The van der Waals surface area contributed by atoms with Crippen LogP contribution in [-0.4, -0.2) is 39.9 Å². The van der Waals surface area contributed by atoms with Crippen molar-refractivity contribution in [3.63, 3.8) is 0 Å².